The molecule has 0 atom stereocenters. The number of sulfone groups is 1. The van der Waals surface area contributed by atoms with Crippen LogP contribution in [0.25, 0.3) is 0 Å². The van der Waals surface area contributed by atoms with E-state index in [1.54, 1.807) is 18.2 Å². The minimum absolute atomic E-state index is 0.0285. The van der Waals surface area contributed by atoms with Gasteiger partial charge in [0.25, 0.3) is 0 Å². The lowest BCUT2D eigenvalue weighted by atomic mass is 10.1. The van der Waals surface area contributed by atoms with Crippen LogP contribution in [0.4, 0.5) is 0 Å². The van der Waals surface area contributed by atoms with Gasteiger partial charge in [-0.2, -0.15) is 0 Å². The molecule has 2 nitrogen and oxygen atoms in total. The summed E-state index contributed by atoms with van der Waals surface area (Å²) in [6.45, 7) is 3.87. The summed E-state index contributed by atoms with van der Waals surface area (Å²) < 4.78 is 24.7. The molecule has 0 heterocycles. The summed E-state index contributed by atoms with van der Waals surface area (Å²) in [4.78, 5) is 0. The van der Waals surface area contributed by atoms with E-state index in [1.165, 1.54) is 0 Å². The van der Waals surface area contributed by atoms with Gasteiger partial charge in [0.05, 0.1) is 21.6 Å². The molecule has 2 aromatic rings. The maximum absolute atomic E-state index is 12.4. The van der Waals surface area contributed by atoms with E-state index in [2.05, 4.69) is 0 Å². The highest BCUT2D eigenvalue weighted by atomic mass is 35.5. The van der Waals surface area contributed by atoms with Crippen molar-refractivity contribution in [3.63, 3.8) is 0 Å². The Morgan fingerprint density at radius 1 is 0.905 bits per heavy atom. The van der Waals surface area contributed by atoms with Gasteiger partial charge in [0, 0.05) is 0 Å². The summed E-state index contributed by atoms with van der Waals surface area (Å²) in [7, 11) is -3.26. The van der Waals surface area contributed by atoms with Gasteiger partial charge in [-0.1, -0.05) is 53.0 Å². The molecular formula is C16H16Cl2O2S. The van der Waals surface area contributed by atoms with Crippen LogP contribution in [0.15, 0.2) is 36.4 Å². The number of halogens is 2. The maximum atomic E-state index is 12.4. The average molecular weight is 343 g/mol. The molecule has 0 N–H and O–H groups in total. The van der Waals surface area contributed by atoms with Crippen molar-refractivity contribution in [3.05, 3.63) is 68.7 Å². The van der Waals surface area contributed by atoms with Crippen LogP contribution in [0.5, 0.6) is 0 Å². The molecule has 0 bridgehead atoms. The Hall–Kier alpha value is -1.03. The zero-order valence-electron chi connectivity index (χ0n) is 11.9. The van der Waals surface area contributed by atoms with Crippen molar-refractivity contribution in [1.82, 2.24) is 0 Å². The number of hydrogen-bond donors (Lipinski definition) is 0. The van der Waals surface area contributed by atoms with Gasteiger partial charge in [0.1, 0.15) is 0 Å². The van der Waals surface area contributed by atoms with Crippen molar-refractivity contribution >= 4 is 33.0 Å². The van der Waals surface area contributed by atoms with Crippen molar-refractivity contribution in [2.24, 2.45) is 0 Å². The van der Waals surface area contributed by atoms with Crippen molar-refractivity contribution in [2.45, 2.75) is 25.4 Å². The van der Waals surface area contributed by atoms with Crippen molar-refractivity contribution < 1.29 is 8.42 Å². The summed E-state index contributed by atoms with van der Waals surface area (Å²) >= 11 is 11.8. The first-order valence-corrected chi connectivity index (χ1v) is 9.05. The van der Waals surface area contributed by atoms with Gasteiger partial charge in [-0.3, -0.25) is 0 Å². The van der Waals surface area contributed by atoms with Crippen LogP contribution in [0.3, 0.4) is 0 Å². The van der Waals surface area contributed by atoms with E-state index < -0.39 is 9.84 Å². The minimum Gasteiger partial charge on any atom is -0.228 e. The van der Waals surface area contributed by atoms with Gasteiger partial charge in [-0.25, -0.2) is 8.42 Å². The van der Waals surface area contributed by atoms with Gasteiger partial charge in [0.15, 0.2) is 9.84 Å². The lowest BCUT2D eigenvalue weighted by Crippen LogP contribution is -2.09. The Morgan fingerprint density at radius 3 is 2.29 bits per heavy atom. The van der Waals surface area contributed by atoms with Crippen LogP contribution in [-0.4, -0.2) is 8.42 Å². The second-order valence-electron chi connectivity index (χ2n) is 5.21. The van der Waals surface area contributed by atoms with Crippen LogP contribution in [-0.2, 0) is 21.3 Å². The largest absolute Gasteiger partial charge is 0.228 e. The molecule has 0 fully saturated rings. The van der Waals surface area contributed by atoms with Gasteiger partial charge < -0.3 is 0 Å². The lowest BCUT2D eigenvalue weighted by molar-refractivity contribution is 0.594. The fraction of sp³-hybridized carbons (Fsp3) is 0.250. The highest BCUT2D eigenvalue weighted by Crippen LogP contribution is 2.24. The minimum atomic E-state index is -3.26. The summed E-state index contributed by atoms with van der Waals surface area (Å²) in [5.74, 6) is -0.0158. The van der Waals surface area contributed by atoms with E-state index in [-0.39, 0.29) is 11.5 Å². The first-order valence-electron chi connectivity index (χ1n) is 6.47. The van der Waals surface area contributed by atoms with Crippen LogP contribution >= 0.6 is 23.2 Å². The van der Waals surface area contributed by atoms with E-state index in [9.17, 15) is 8.42 Å². The number of hydrogen-bond acceptors (Lipinski definition) is 2. The molecule has 112 valence electrons. The molecule has 0 aliphatic carbocycles. The topological polar surface area (TPSA) is 34.1 Å². The standard InChI is InChI=1S/C16H16Cl2O2S/c1-11-3-4-12(2)14(7-11)10-21(19,20)9-13-5-6-15(17)16(18)8-13/h3-8H,9-10H2,1-2H3. The molecule has 0 aromatic heterocycles. The highest BCUT2D eigenvalue weighted by molar-refractivity contribution is 7.89. The van der Waals surface area contributed by atoms with E-state index in [1.807, 2.05) is 32.0 Å². The number of rotatable bonds is 4. The predicted molar refractivity (Wildman–Crippen MR) is 88.7 cm³/mol. The molecule has 0 spiro atoms. The van der Waals surface area contributed by atoms with Crippen molar-refractivity contribution in [1.29, 1.82) is 0 Å². The first-order chi connectivity index (χ1) is 9.77. The maximum Gasteiger partial charge on any atom is 0.158 e. The van der Waals surface area contributed by atoms with Crippen LogP contribution < -0.4 is 0 Å². The summed E-state index contributed by atoms with van der Waals surface area (Å²) in [6.07, 6.45) is 0. The molecule has 5 heteroatoms. The monoisotopic (exact) mass is 342 g/mol. The van der Waals surface area contributed by atoms with Gasteiger partial charge >= 0.3 is 0 Å². The number of benzene rings is 2. The lowest BCUT2D eigenvalue weighted by Gasteiger charge is -2.09. The molecule has 0 radical (unpaired) electrons. The Labute approximate surface area is 135 Å². The van der Waals surface area contributed by atoms with Crippen molar-refractivity contribution in [2.75, 3.05) is 0 Å². The third-order valence-electron chi connectivity index (χ3n) is 3.25. The average Bonchev–Trinajstić information content (AvgIpc) is 2.37. The Kier molecular flexibility index (Phi) is 4.97. The zero-order valence-corrected chi connectivity index (χ0v) is 14.2. The second kappa shape index (κ2) is 6.39. The van der Waals surface area contributed by atoms with E-state index in [4.69, 9.17) is 23.2 Å². The third kappa shape index (κ3) is 4.47. The predicted octanol–water partition coefficient (Wildman–Crippen LogP) is 4.73. The number of aryl methyl sites for hydroxylation is 2. The van der Waals surface area contributed by atoms with Crippen LogP contribution in [0, 0.1) is 13.8 Å². The fourth-order valence-corrected chi connectivity index (χ4v) is 4.02. The summed E-state index contributed by atoms with van der Waals surface area (Å²) in [5, 5.41) is 0.795. The summed E-state index contributed by atoms with van der Waals surface area (Å²) in [5.41, 5.74) is 3.53. The Morgan fingerprint density at radius 2 is 1.62 bits per heavy atom. The Bertz CT molecular complexity index is 768. The summed E-state index contributed by atoms with van der Waals surface area (Å²) in [6, 6.07) is 10.7. The normalized spacial score (nSPS) is 11.6. The van der Waals surface area contributed by atoms with E-state index in [0.29, 0.717) is 15.6 Å². The van der Waals surface area contributed by atoms with Gasteiger partial charge in [-0.15, -0.1) is 0 Å². The molecule has 0 saturated carbocycles. The smallest absolute Gasteiger partial charge is 0.158 e. The van der Waals surface area contributed by atoms with E-state index >= 15 is 0 Å². The van der Waals surface area contributed by atoms with Crippen LogP contribution in [0.1, 0.15) is 22.3 Å². The highest BCUT2D eigenvalue weighted by Gasteiger charge is 2.15. The van der Waals surface area contributed by atoms with Gasteiger partial charge in [-0.05, 0) is 42.7 Å². The van der Waals surface area contributed by atoms with Crippen molar-refractivity contribution in [3.8, 4) is 0 Å². The molecule has 0 saturated heterocycles. The molecular weight excluding hydrogens is 327 g/mol. The molecule has 0 aliphatic rings. The molecule has 21 heavy (non-hydrogen) atoms. The SMILES string of the molecule is Cc1ccc(C)c(CS(=O)(=O)Cc2ccc(Cl)c(Cl)c2)c1. The molecule has 0 amide bonds. The molecule has 2 aromatic carbocycles. The van der Waals surface area contributed by atoms with Gasteiger partial charge in [0.2, 0.25) is 0 Å². The quantitative estimate of drug-likeness (QED) is 0.805. The van der Waals surface area contributed by atoms with E-state index in [0.717, 1.165) is 16.7 Å². The Balaban J connectivity index is 2.22. The first kappa shape index (κ1) is 16.3. The molecule has 0 unspecified atom stereocenters. The zero-order chi connectivity index (χ0) is 15.6. The molecule has 0 aliphatic heterocycles. The van der Waals surface area contributed by atoms with Crippen LogP contribution in [0.2, 0.25) is 10.0 Å². The molecule has 2 rings (SSSR count). The second-order valence-corrected chi connectivity index (χ2v) is 8.09. The third-order valence-corrected chi connectivity index (χ3v) is 5.51. The fourth-order valence-electron chi connectivity index (χ4n) is 2.13.